The number of aldehydes is 1. The van der Waals surface area contributed by atoms with Crippen LogP contribution in [-0.2, 0) is 0 Å². The van der Waals surface area contributed by atoms with Gasteiger partial charge in [-0.15, -0.1) is 11.3 Å². The second-order valence-corrected chi connectivity index (χ2v) is 6.78. The number of carbonyl (C=O) groups excluding carboxylic acids is 1. The minimum atomic E-state index is 0.693. The molecule has 0 aromatic carbocycles. The summed E-state index contributed by atoms with van der Waals surface area (Å²) >= 11 is 3.53. The quantitative estimate of drug-likeness (QED) is 0.816. The number of hydrogen-bond acceptors (Lipinski definition) is 5. The number of aromatic nitrogens is 2. The number of imidazole rings is 1. The molecule has 3 heterocycles. The Morgan fingerprint density at radius 2 is 2.37 bits per heavy atom. The van der Waals surface area contributed by atoms with Gasteiger partial charge in [-0.1, -0.05) is 0 Å². The lowest BCUT2D eigenvalue weighted by molar-refractivity contribution is 0.111. The number of thioether (sulfide) groups is 1. The Kier molecular flexibility index (Phi) is 3.79. The van der Waals surface area contributed by atoms with Gasteiger partial charge in [0.2, 0.25) is 0 Å². The Labute approximate surface area is 120 Å². The van der Waals surface area contributed by atoms with E-state index in [1.54, 1.807) is 11.3 Å². The van der Waals surface area contributed by atoms with Gasteiger partial charge in [0, 0.05) is 29.9 Å². The Hall–Kier alpha value is -1.01. The number of anilines is 1. The number of carbonyl (C=O) groups is 1. The zero-order valence-corrected chi connectivity index (χ0v) is 12.5. The molecule has 1 aliphatic heterocycles. The molecule has 0 amide bonds. The van der Waals surface area contributed by atoms with Crippen LogP contribution in [-0.4, -0.2) is 40.3 Å². The molecule has 4 nitrogen and oxygen atoms in total. The minimum absolute atomic E-state index is 0.693. The van der Waals surface area contributed by atoms with Crippen LogP contribution in [0.2, 0.25) is 0 Å². The van der Waals surface area contributed by atoms with Gasteiger partial charge in [-0.05, 0) is 25.5 Å². The van der Waals surface area contributed by atoms with Gasteiger partial charge < -0.3 is 4.90 Å². The van der Waals surface area contributed by atoms with Crippen molar-refractivity contribution in [2.75, 3.05) is 24.2 Å². The number of fused-ring (bicyclic) bond motifs is 1. The molecule has 0 aliphatic carbocycles. The van der Waals surface area contributed by atoms with E-state index in [2.05, 4.69) is 16.1 Å². The van der Waals surface area contributed by atoms with E-state index in [0.717, 1.165) is 35.4 Å². The first-order valence-electron chi connectivity index (χ1n) is 6.52. The molecule has 0 N–H and O–H groups in total. The zero-order valence-electron chi connectivity index (χ0n) is 10.9. The maximum Gasteiger partial charge on any atom is 0.196 e. The van der Waals surface area contributed by atoms with Crippen molar-refractivity contribution < 1.29 is 4.79 Å². The summed E-state index contributed by atoms with van der Waals surface area (Å²) in [6.45, 7) is 2.00. The van der Waals surface area contributed by atoms with E-state index in [-0.39, 0.29) is 0 Å². The average molecular weight is 295 g/mol. The molecule has 1 unspecified atom stereocenters. The Morgan fingerprint density at radius 3 is 3.16 bits per heavy atom. The Balaban J connectivity index is 1.90. The standard InChI is InChI=1S/C13H17N3OS2/c1-18-10-3-2-5-15(6-4-10)12-11(9-17)16-7-8-19-13(16)14-12/h7-10H,2-6H2,1H3. The van der Waals surface area contributed by atoms with E-state index in [1.807, 2.05) is 27.7 Å². The van der Waals surface area contributed by atoms with Gasteiger partial charge >= 0.3 is 0 Å². The van der Waals surface area contributed by atoms with E-state index in [9.17, 15) is 4.79 Å². The predicted octanol–water partition coefficient (Wildman–Crippen LogP) is 2.93. The Bertz CT molecular complexity index is 577. The lowest BCUT2D eigenvalue weighted by atomic mass is 10.2. The van der Waals surface area contributed by atoms with Crippen LogP contribution in [0, 0.1) is 0 Å². The summed E-state index contributed by atoms with van der Waals surface area (Å²) in [7, 11) is 0. The molecular weight excluding hydrogens is 278 g/mol. The van der Waals surface area contributed by atoms with E-state index in [4.69, 9.17) is 0 Å². The molecule has 2 aromatic rings. The van der Waals surface area contributed by atoms with Crippen molar-refractivity contribution >= 4 is 40.2 Å². The first-order chi connectivity index (χ1) is 9.33. The van der Waals surface area contributed by atoms with Gasteiger partial charge in [-0.25, -0.2) is 4.98 Å². The maximum absolute atomic E-state index is 11.4. The van der Waals surface area contributed by atoms with Crippen LogP contribution >= 0.6 is 23.1 Å². The molecule has 1 fully saturated rings. The van der Waals surface area contributed by atoms with E-state index >= 15 is 0 Å². The smallest absolute Gasteiger partial charge is 0.196 e. The predicted molar refractivity (Wildman–Crippen MR) is 81.8 cm³/mol. The highest BCUT2D eigenvalue weighted by Crippen LogP contribution is 2.28. The topological polar surface area (TPSA) is 37.6 Å². The van der Waals surface area contributed by atoms with Crippen LogP contribution in [0.4, 0.5) is 5.82 Å². The van der Waals surface area contributed by atoms with Crippen molar-refractivity contribution in [1.82, 2.24) is 9.38 Å². The number of nitrogens with zero attached hydrogens (tertiary/aromatic N) is 3. The van der Waals surface area contributed by atoms with Crippen LogP contribution < -0.4 is 4.90 Å². The third-order valence-electron chi connectivity index (χ3n) is 3.70. The molecule has 1 atom stereocenters. The molecule has 1 saturated heterocycles. The van der Waals surface area contributed by atoms with Gasteiger partial charge in [0.05, 0.1) is 0 Å². The molecular formula is C13H17N3OS2. The molecule has 19 heavy (non-hydrogen) atoms. The largest absolute Gasteiger partial charge is 0.355 e. The summed E-state index contributed by atoms with van der Waals surface area (Å²) in [6.07, 6.45) is 8.64. The van der Waals surface area contributed by atoms with Gasteiger partial charge in [-0.3, -0.25) is 9.20 Å². The molecule has 1 aliphatic rings. The summed E-state index contributed by atoms with van der Waals surface area (Å²) in [5.41, 5.74) is 0.693. The average Bonchev–Trinajstić information content (AvgIpc) is 2.91. The molecule has 6 heteroatoms. The number of rotatable bonds is 3. The van der Waals surface area contributed by atoms with Crippen molar-refractivity contribution in [2.45, 2.75) is 24.5 Å². The van der Waals surface area contributed by atoms with Gasteiger partial charge in [0.25, 0.3) is 0 Å². The fourth-order valence-electron chi connectivity index (χ4n) is 2.65. The van der Waals surface area contributed by atoms with Gasteiger partial charge in [-0.2, -0.15) is 11.8 Å². The van der Waals surface area contributed by atoms with Crippen LogP contribution in [0.3, 0.4) is 0 Å². The first-order valence-corrected chi connectivity index (χ1v) is 8.68. The normalized spacial score (nSPS) is 20.7. The summed E-state index contributed by atoms with van der Waals surface area (Å²) in [4.78, 5) is 19.2. The maximum atomic E-state index is 11.4. The zero-order chi connectivity index (χ0) is 13.2. The summed E-state index contributed by atoms with van der Waals surface area (Å²) in [5.74, 6) is 0.864. The minimum Gasteiger partial charge on any atom is -0.355 e. The summed E-state index contributed by atoms with van der Waals surface area (Å²) < 4.78 is 1.89. The molecule has 0 radical (unpaired) electrons. The van der Waals surface area contributed by atoms with Crippen molar-refractivity contribution in [2.24, 2.45) is 0 Å². The third-order valence-corrected chi connectivity index (χ3v) is 5.59. The van der Waals surface area contributed by atoms with Gasteiger partial charge in [0.1, 0.15) is 5.69 Å². The fourth-order valence-corrected chi connectivity index (χ4v) is 4.11. The highest BCUT2D eigenvalue weighted by molar-refractivity contribution is 7.99. The highest BCUT2D eigenvalue weighted by atomic mass is 32.2. The third kappa shape index (κ3) is 2.39. The molecule has 0 saturated carbocycles. The van der Waals surface area contributed by atoms with Crippen LogP contribution in [0.25, 0.3) is 4.96 Å². The highest BCUT2D eigenvalue weighted by Gasteiger charge is 2.22. The Morgan fingerprint density at radius 1 is 1.47 bits per heavy atom. The second kappa shape index (κ2) is 5.54. The van der Waals surface area contributed by atoms with E-state index in [0.29, 0.717) is 5.69 Å². The SMILES string of the molecule is CSC1CCCN(c2nc3sccn3c2C=O)CC1. The number of hydrogen-bond donors (Lipinski definition) is 0. The van der Waals surface area contributed by atoms with Crippen molar-refractivity contribution in [3.05, 3.63) is 17.3 Å². The molecule has 102 valence electrons. The summed E-state index contributed by atoms with van der Waals surface area (Å²) in [6, 6.07) is 0. The lowest BCUT2D eigenvalue weighted by Crippen LogP contribution is -2.25. The van der Waals surface area contributed by atoms with Gasteiger partial charge in [0.15, 0.2) is 17.1 Å². The first kappa shape index (κ1) is 13.0. The van der Waals surface area contributed by atoms with Crippen LogP contribution in [0.1, 0.15) is 29.8 Å². The van der Waals surface area contributed by atoms with Crippen molar-refractivity contribution in [1.29, 1.82) is 0 Å². The van der Waals surface area contributed by atoms with Crippen LogP contribution in [0.15, 0.2) is 11.6 Å². The van der Waals surface area contributed by atoms with Crippen molar-refractivity contribution in [3.63, 3.8) is 0 Å². The molecule has 0 spiro atoms. The van der Waals surface area contributed by atoms with E-state index in [1.165, 1.54) is 19.3 Å². The summed E-state index contributed by atoms with van der Waals surface area (Å²) in [5, 5.41) is 2.71. The van der Waals surface area contributed by atoms with Crippen LogP contribution in [0.5, 0.6) is 0 Å². The van der Waals surface area contributed by atoms with Crippen molar-refractivity contribution in [3.8, 4) is 0 Å². The second-order valence-electron chi connectivity index (χ2n) is 4.77. The van der Waals surface area contributed by atoms with E-state index < -0.39 is 0 Å². The molecule has 0 bridgehead atoms. The fraction of sp³-hybridized carbons (Fsp3) is 0.538. The molecule has 2 aromatic heterocycles. The monoisotopic (exact) mass is 295 g/mol. The lowest BCUT2D eigenvalue weighted by Gasteiger charge is -2.20. The molecule has 3 rings (SSSR count). The number of thiazole rings is 1.